The first-order valence-electron chi connectivity index (χ1n) is 8.50. The Hall–Kier alpha value is -2.94. The molecule has 0 saturated carbocycles. The number of nitrogens with zero attached hydrogens (tertiary/aromatic N) is 2. The summed E-state index contributed by atoms with van der Waals surface area (Å²) in [7, 11) is 0. The van der Waals surface area contributed by atoms with Crippen molar-refractivity contribution in [1.29, 1.82) is 0 Å². The van der Waals surface area contributed by atoms with Crippen LogP contribution >= 0.6 is 11.3 Å². The van der Waals surface area contributed by atoms with Crippen molar-refractivity contribution in [2.45, 2.75) is 26.7 Å². The van der Waals surface area contributed by atoms with Gasteiger partial charge in [-0.25, -0.2) is 4.98 Å². The molecule has 0 fully saturated rings. The Morgan fingerprint density at radius 3 is 2.48 bits per heavy atom. The number of rotatable bonds is 10. The number of nitro benzene ring substituents is 1. The standard InChI is InChI=1S/C18H21N3O5S/c1-3-7-25-16-9-14(15(21(23)24)10-17(16)26-8-4-2)20-18(22)6-5-13-11-27-12-19-13/h5-6,9-12H,3-4,7-8H2,1-2H3,(H,20,22)/b6-5+. The maximum absolute atomic E-state index is 12.1. The highest BCUT2D eigenvalue weighted by atomic mass is 32.1. The Kier molecular flexibility index (Phi) is 7.75. The third-order valence-electron chi connectivity index (χ3n) is 3.30. The van der Waals surface area contributed by atoms with Crippen LogP contribution in [0.15, 0.2) is 29.1 Å². The molecule has 144 valence electrons. The number of thiazole rings is 1. The largest absolute Gasteiger partial charge is 0.490 e. The Morgan fingerprint density at radius 2 is 1.93 bits per heavy atom. The van der Waals surface area contributed by atoms with E-state index < -0.39 is 10.8 Å². The minimum absolute atomic E-state index is 0.0443. The lowest BCUT2D eigenvalue weighted by molar-refractivity contribution is -0.384. The van der Waals surface area contributed by atoms with Crippen LogP contribution in [0.4, 0.5) is 11.4 Å². The first-order chi connectivity index (χ1) is 13.0. The molecule has 0 spiro atoms. The summed E-state index contributed by atoms with van der Waals surface area (Å²) in [6, 6.07) is 2.70. The highest BCUT2D eigenvalue weighted by Gasteiger charge is 2.21. The normalized spacial score (nSPS) is 10.7. The molecule has 8 nitrogen and oxygen atoms in total. The summed E-state index contributed by atoms with van der Waals surface area (Å²) >= 11 is 1.41. The van der Waals surface area contributed by atoms with Crippen molar-refractivity contribution in [3.63, 3.8) is 0 Å². The van der Waals surface area contributed by atoms with E-state index in [-0.39, 0.29) is 17.1 Å². The van der Waals surface area contributed by atoms with Gasteiger partial charge >= 0.3 is 0 Å². The molecule has 0 unspecified atom stereocenters. The van der Waals surface area contributed by atoms with Crippen LogP contribution in [-0.4, -0.2) is 29.0 Å². The van der Waals surface area contributed by atoms with E-state index in [4.69, 9.17) is 9.47 Å². The predicted octanol–water partition coefficient (Wildman–Crippen LogP) is 4.28. The molecule has 0 aliphatic rings. The number of hydrogen-bond acceptors (Lipinski definition) is 7. The first kappa shape index (κ1) is 20.4. The van der Waals surface area contributed by atoms with Crippen molar-refractivity contribution in [2.75, 3.05) is 18.5 Å². The van der Waals surface area contributed by atoms with Crippen LogP contribution in [0.25, 0.3) is 6.08 Å². The monoisotopic (exact) mass is 391 g/mol. The van der Waals surface area contributed by atoms with Gasteiger partial charge in [-0.05, 0) is 18.9 Å². The molecule has 1 N–H and O–H groups in total. The first-order valence-corrected chi connectivity index (χ1v) is 9.44. The van der Waals surface area contributed by atoms with Gasteiger partial charge in [-0.3, -0.25) is 14.9 Å². The van der Waals surface area contributed by atoms with Crippen LogP contribution in [-0.2, 0) is 4.79 Å². The molecule has 2 rings (SSSR count). The van der Waals surface area contributed by atoms with Crippen LogP contribution in [0.3, 0.4) is 0 Å². The molecule has 27 heavy (non-hydrogen) atoms. The molecule has 9 heteroatoms. The van der Waals surface area contributed by atoms with Crippen molar-refractivity contribution in [3.8, 4) is 11.5 Å². The lowest BCUT2D eigenvalue weighted by Gasteiger charge is -2.14. The predicted molar refractivity (Wildman–Crippen MR) is 104 cm³/mol. The van der Waals surface area contributed by atoms with Gasteiger partial charge in [0.2, 0.25) is 5.91 Å². The van der Waals surface area contributed by atoms with Crippen LogP contribution < -0.4 is 14.8 Å². The molecule has 0 atom stereocenters. The van der Waals surface area contributed by atoms with Crippen LogP contribution in [0.2, 0.25) is 0 Å². The van der Waals surface area contributed by atoms with Crippen molar-refractivity contribution in [2.24, 2.45) is 0 Å². The average molecular weight is 391 g/mol. The number of nitro groups is 1. The molecule has 0 bridgehead atoms. The van der Waals surface area contributed by atoms with Gasteiger partial charge in [-0.1, -0.05) is 13.8 Å². The zero-order valence-corrected chi connectivity index (χ0v) is 16.0. The van der Waals surface area contributed by atoms with Crippen molar-refractivity contribution < 1.29 is 19.2 Å². The van der Waals surface area contributed by atoms with E-state index >= 15 is 0 Å². The fourth-order valence-corrected chi connectivity index (χ4v) is 2.61. The van der Waals surface area contributed by atoms with Gasteiger partial charge in [0.25, 0.3) is 5.69 Å². The highest BCUT2D eigenvalue weighted by molar-refractivity contribution is 7.07. The lowest BCUT2D eigenvalue weighted by Crippen LogP contribution is -2.11. The molecule has 0 saturated heterocycles. The topological polar surface area (TPSA) is 104 Å². The number of carbonyl (C=O) groups excluding carboxylic acids is 1. The smallest absolute Gasteiger partial charge is 0.296 e. The van der Waals surface area contributed by atoms with Gasteiger partial charge < -0.3 is 14.8 Å². The summed E-state index contributed by atoms with van der Waals surface area (Å²) in [5, 5.41) is 15.7. The zero-order chi connectivity index (χ0) is 19.6. The molecular formula is C18H21N3O5S. The van der Waals surface area contributed by atoms with Gasteiger partial charge in [0.05, 0.1) is 35.4 Å². The van der Waals surface area contributed by atoms with Crippen LogP contribution in [0, 0.1) is 10.1 Å². The number of anilines is 1. The van der Waals surface area contributed by atoms with E-state index in [1.165, 1.54) is 35.6 Å². The fourth-order valence-electron chi connectivity index (χ4n) is 2.09. The van der Waals surface area contributed by atoms with Gasteiger partial charge in [0, 0.05) is 17.5 Å². The second kappa shape index (κ2) is 10.3. The number of ether oxygens (including phenoxy) is 2. The van der Waals surface area contributed by atoms with Gasteiger partial charge in [0.1, 0.15) is 5.69 Å². The van der Waals surface area contributed by atoms with Crippen LogP contribution in [0.1, 0.15) is 32.4 Å². The number of nitrogens with one attached hydrogen (secondary N) is 1. The van der Waals surface area contributed by atoms with Gasteiger partial charge in [0.15, 0.2) is 11.5 Å². The molecule has 1 aromatic carbocycles. The molecule has 0 aliphatic carbocycles. The molecule has 1 heterocycles. The molecule has 0 aliphatic heterocycles. The summed E-state index contributed by atoms with van der Waals surface area (Å²) in [6.07, 6.45) is 4.32. The summed E-state index contributed by atoms with van der Waals surface area (Å²) in [6.45, 7) is 4.72. The summed E-state index contributed by atoms with van der Waals surface area (Å²) in [5.41, 5.74) is 2.07. The van der Waals surface area contributed by atoms with E-state index in [1.807, 2.05) is 13.8 Å². The minimum Gasteiger partial charge on any atom is -0.490 e. The Labute approximate surface area is 161 Å². The summed E-state index contributed by atoms with van der Waals surface area (Å²) in [5.74, 6) is 0.137. The van der Waals surface area contributed by atoms with Gasteiger partial charge in [-0.15, -0.1) is 11.3 Å². The molecular weight excluding hydrogens is 370 g/mol. The van der Waals surface area contributed by atoms with E-state index in [2.05, 4.69) is 10.3 Å². The quantitative estimate of drug-likeness (QED) is 0.368. The maximum atomic E-state index is 12.1. The molecule has 0 radical (unpaired) electrons. The van der Waals surface area contributed by atoms with Gasteiger partial charge in [-0.2, -0.15) is 0 Å². The number of carbonyl (C=O) groups is 1. The third kappa shape index (κ3) is 6.07. The van der Waals surface area contributed by atoms with Crippen molar-refractivity contribution in [1.82, 2.24) is 4.98 Å². The van der Waals surface area contributed by atoms with E-state index in [0.29, 0.717) is 24.7 Å². The number of amides is 1. The molecule has 1 aromatic heterocycles. The maximum Gasteiger partial charge on any atom is 0.296 e. The van der Waals surface area contributed by atoms with E-state index in [1.54, 1.807) is 10.9 Å². The summed E-state index contributed by atoms with van der Waals surface area (Å²) in [4.78, 5) is 27.0. The third-order valence-corrected chi connectivity index (χ3v) is 3.90. The Bertz CT molecular complexity index is 806. The van der Waals surface area contributed by atoms with E-state index in [0.717, 1.165) is 12.8 Å². The second-order valence-electron chi connectivity index (χ2n) is 5.51. The minimum atomic E-state index is -0.567. The zero-order valence-electron chi connectivity index (χ0n) is 15.1. The highest BCUT2D eigenvalue weighted by Crippen LogP contribution is 2.38. The second-order valence-corrected chi connectivity index (χ2v) is 6.22. The van der Waals surface area contributed by atoms with Crippen molar-refractivity contribution >= 4 is 34.7 Å². The number of hydrogen-bond donors (Lipinski definition) is 1. The number of benzene rings is 1. The fraction of sp³-hybridized carbons (Fsp3) is 0.333. The Morgan fingerprint density at radius 1 is 1.26 bits per heavy atom. The lowest BCUT2D eigenvalue weighted by atomic mass is 10.2. The van der Waals surface area contributed by atoms with Crippen molar-refractivity contribution in [3.05, 3.63) is 44.9 Å². The molecule has 1 amide bonds. The Balaban J connectivity index is 2.28. The van der Waals surface area contributed by atoms with Crippen LogP contribution in [0.5, 0.6) is 11.5 Å². The summed E-state index contributed by atoms with van der Waals surface area (Å²) < 4.78 is 11.2. The SMILES string of the molecule is CCCOc1cc(NC(=O)/C=C/c2cscn2)c([N+](=O)[O-])cc1OCCC. The average Bonchev–Trinajstić information content (AvgIpc) is 3.17. The molecule has 2 aromatic rings. The van der Waals surface area contributed by atoms with E-state index in [9.17, 15) is 14.9 Å². The number of aromatic nitrogens is 1.